The van der Waals surface area contributed by atoms with Crippen molar-refractivity contribution in [2.45, 2.75) is 19.3 Å². The van der Waals surface area contributed by atoms with Gasteiger partial charge in [0.15, 0.2) is 10.4 Å². The van der Waals surface area contributed by atoms with Crippen LogP contribution >= 0.6 is 0 Å². The molecular weight excluding hydrogens is 118 g/mol. The van der Waals surface area contributed by atoms with Gasteiger partial charge in [-0.25, -0.2) is 0 Å². The number of nitrogens with zero attached hydrogens (tertiary/aromatic N) is 1. The summed E-state index contributed by atoms with van der Waals surface area (Å²) in [6.45, 7) is 0.871. The monoisotopic (exact) mass is 126 g/mol. The highest BCUT2D eigenvalue weighted by molar-refractivity contribution is 6.14. The summed E-state index contributed by atoms with van der Waals surface area (Å²) in [5.74, 6) is 0.216. The Hall–Kier alpha value is -0.313. The first-order valence-corrected chi connectivity index (χ1v) is 3.27. The topological polar surface area (TPSA) is 20.3 Å². The fourth-order valence-corrected chi connectivity index (χ4v) is 1.08. The standard InChI is InChI=1S/C5H8NOSi/c7-5-3-1-2-4-6(5)8/h1-4H2. The van der Waals surface area contributed by atoms with Gasteiger partial charge in [0.05, 0.1) is 0 Å². The molecule has 1 saturated heterocycles. The molecule has 0 aliphatic carbocycles. The molecule has 0 unspecified atom stereocenters. The van der Waals surface area contributed by atoms with E-state index in [9.17, 15) is 4.79 Å². The zero-order valence-corrected chi connectivity index (χ0v) is 5.68. The molecule has 1 aliphatic heterocycles. The van der Waals surface area contributed by atoms with E-state index in [4.69, 9.17) is 0 Å². The summed E-state index contributed by atoms with van der Waals surface area (Å²) in [6.07, 6.45) is 2.90. The lowest BCUT2D eigenvalue weighted by molar-refractivity contribution is -0.128. The second-order valence-corrected chi connectivity index (χ2v) is 2.54. The van der Waals surface area contributed by atoms with E-state index in [1.807, 2.05) is 0 Å². The highest BCUT2D eigenvalue weighted by atomic mass is 28.2. The molecular formula is C5H8NOSi. The Morgan fingerprint density at radius 3 is 2.62 bits per heavy atom. The van der Waals surface area contributed by atoms with Gasteiger partial charge in [-0.1, -0.05) is 0 Å². The first kappa shape index (κ1) is 5.82. The smallest absolute Gasteiger partial charge is 0.214 e. The van der Waals surface area contributed by atoms with E-state index in [2.05, 4.69) is 10.4 Å². The molecule has 0 saturated carbocycles. The van der Waals surface area contributed by atoms with E-state index in [0.717, 1.165) is 19.4 Å². The number of hydrogen-bond donors (Lipinski definition) is 0. The molecule has 0 bridgehead atoms. The molecule has 1 amide bonds. The van der Waals surface area contributed by atoms with Crippen LogP contribution in [0.25, 0.3) is 0 Å². The molecule has 1 fully saturated rings. The van der Waals surface area contributed by atoms with Crippen molar-refractivity contribution < 1.29 is 4.79 Å². The van der Waals surface area contributed by atoms with Crippen LogP contribution < -0.4 is 0 Å². The predicted octanol–water partition coefficient (Wildman–Crippen LogP) is 0.0824. The van der Waals surface area contributed by atoms with Gasteiger partial charge in [0, 0.05) is 13.0 Å². The van der Waals surface area contributed by atoms with Crippen LogP contribution in [0.15, 0.2) is 0 Å². The maximum Gasteiger partial charge on any atom is 0.214 e. The first-order valence-electron chi connectivity index (χ1n) is 2.82. The summed E-state index contributed by atoms with van der Waals surface area (Å²) in [5, 5.41) is 0. The molecule has 3 heteroatoms. The van der Waals surface area contributed by atoms with Crippen LogP contribution in [0.3, 0.4) is 0 Å². The lowest BCUT2D eigenvalue weighted by Gasteiger charge is -2.21. The van der Waals surface area contributed by atoms with Crippen molar-refractivity contribution >= 4 is 16.3 Å². The van der Waals surface area contributed by atoms with Crippen molar-refractivity contribution in [3.8, 4) is 0 Å². The van der Waals surface area contributed by atoms with Gasteiger partial charge in [-0.05, 0) is 12.8 Å². The Morgan fingerprint density at radius 2 is 2.25 bits per heavy atom. The number of rotatable bonds is 0. The van der Waals surface area contributed by atoms with Crippen molar-refractivity contribution in [3.05, 3.63) is 0 Å². The lowest BCUT2D eigenvalue weighted by Crippen LogP contribution is -2.32. The average Bonchev–Trinajstić information content (AvgIpc) is 1.77. The van der Waals surface area contributed by atoms with Gasteiger partial charge in [-0.15, -0.1) is 0 Å². The van der Waals surface area contributed by atoms with E-state index in [1.165, 1.54) is 0 Å². The zero-order chi connectivity index (χ0) is 5.98. The Bertz CT molecular complexity index is 105. The van der Waals surface area contributed by atoms with Crippen LogP contribution in [0.4, 0.5) is 0 Å². The third-order valence-electron chi connectivity index (χ3n) is 1.32. The Kier molecular flexibility index (Phi) is 1.68. The van der Waals surface area contributed by atoms with Gasteiger partial charge >= 0.3 is 0 Å². The summed E-state index contributed by atoms with van der Waals surface area (Å²) in [4.78, 5) is 10.7. The number of hydrogen-bond acceptors (Lipinski definition) is 1. The number of amides is 1. The summed E-state index contributed by atoms with van der Waals surface area (Å²) >= 11 is 0. The molecule has 1 aliphatic rings. The van der Waals surface area contributed by atoms with Crippen molar-refractivity contribution in [1.29, 1.82) is 0 Å². The summed E-state index contributed by atoms with van der Waals surface area (Å²) in [7, 11) is 3.18. The second kappa shape index (κ2) is 2.30. The molecule has 8 heavy (non-hydrogen) atoms. The third kappa shape index (κ3) is 1.09. The fraction of sp³-hybridized carbons (Fsp3) is 0.800. The summed E-state index contributed by atoms with van der Waals surface area (Å²) < 4.78 is 1.60. The van der Waals surface area contributed by atoms with E-state index in [0.29, 0.717) is 6.42 Å². The highest BCUT2D eigenvalue weighted by Gasteiger charge is 2.12. The Labute approximate surface area is 52.4 Å². The van der Waals surface area contributed by atoms with E-state index in [-0.39, 0.29) is 5.91 Å². The molecule has 1 heterocycles. The molecule has 0 aromatic carbocycles. The fourth-order valence-electron chi connectivity index (χ4n) is 0.806. The number of piperidine rings is 1. The van der Waals surface area contributed by atoms with Crippen molar-refractivity contribution in [2.24, 2.45) is 0 Å². The van der Waals surface area contributed by atoms with Crippen LogP contribution in [0.1, 0.15) is 19.3 Å². The molecule has 0 N–H and O–H groups in total. The molecule has 0 spiro atoms. The Morgan fingerprint density at radius 1 is 1.50 bits per heavy atom. The minimum Gasteiger partial charge on any atom is -0.371 e. The predicted molar refractivity (Wildman–Crippen MR) is 31.3 cm³/mol. The van der Waals surface area contributed by atoms with Crippen LogP contribution in [0.2, 0.25) is 0 Å². The maximum absolute atomic E-state index is 10.7. The van der Waals surface area contributed by atoms with Crippen molar-refractivity contribution in [3.63, 3.8) is 0 Å². The van der Waals surface area contributed by atoms with Gasteiger partial charge in [-0.3, -0.25) is 4.79 Å². The summed E-state index contributed by atoms with van der Waals surface area (Å²) in [5.41, 5.74) is 0. The molecule has 0 aromatic rings. The SMILES string of the molecule is O=C1CCCCN1[Si]. The van der Waals surface area contributed by atoms with E-state index < -0.39 is 0 Å². The quantitative estimate of drug-likeness (QED) is 0.421. The maximum atomic E-state index is 10.7. The largest absolute Gasteiger partial charge is 0.371 e. The van der Waals surface area contributed by atoms with Gasteiger partial charge in [-0.2, -0.15) is 0 Å². The van der Waals surface area contributed by atoms with E-state index in [1.54, 1.807) is 4.57 Å². The van der Waals surface area contributed by atoms with E-state index >= 15 is 0 Å². The minimum atomic E-state index is 0.216. The first-order chi connectivity index (χ1) is 3.80. The average molecular weight is 126 g/mol. The second-order valence-electron chi connectivity index (χ2n) is 2.00. The lowest BCUT2D eigenvalue weighted by atomic mass is 10.2. The number of carbonyl (C=O) groups is 1. The minimum absolute atomic E-state index is 0.216. The van der Waals surface area contributed by atoms with Gasteiger partial charge in [0.25, 0.3) is 0 Å². The third-order valence-corrected chi connectivity index (χ3v) is 1.80. The molecule has 0 atom stereocenters. The molecule has 43 valence electrons. The van der Waals surface area contributed by atoms with Gasteiger partial charge in [0.1, 0.15) is 0 Å². The highest BCUT2D eigenvalue weighted by Crippen LogP contribution is 2.06. The normalized spacial score (nSPS) is 21.6. The molecule has 3 radical (unpaired) electrons. The number of carbonyl (C=O) groups excluding carboxylic acids is 1. The van der Waals surface area contributed by atoms with Crippen LogP contribution in [0.5, 0.6) is 0 Å². The molecule has 0 aromatic heterocycles. The van der Waals surface area contributed by atoms with Crippen molar-refractivity contribution in [1.82, 2.24) is 4.57 Å². The van der Waals surface area contributed by atoms with Gasteiger partial charge < -0.3 is 4.57 Å². The van der Waals surface area contributed by atoms with Crippen molar-refractivity contribution in [2.75, 3.05) is 6.54 Å². The van der Waals surface area contributed by atoms with Crippen LogP contribution in [-0.2, 0) is 4.79 Å². The van der Waals surface area contributed by atoms with Crippen LogP contribution in [0, 0.1) is 0 Å². The zero-order valence-electron chi connectivity index (χ0n) is 4.68. The Balaban J connectivity index is 2.39. The summed E-state index contributed by atoms with van der Waals surface area (Å²) in [6, 6.07) is 0. The molecule has 1 rings (SSSR count). The van der Waals surface area contributed by atoms with Crippen LogP contribution in [-0.4, -0.2) is 27.4 Å². The molecule has 2 nitrogen and oxygen atoms in total. The van der Waals surface area contributed by atoms with Gasteiger partial charge in [0.2, 0.25) is 5.91 Å².